The summed E-state index contributed by atoms with van der Waals surface area (Å²) in [4.78, 5) is 5.08. The fourth-order valence-corrected chi connectivity index (χ4v) is 3.82. The van der Waals surface area contributed by atoms with E-state index < -0.39 is 0 Å². The molecule has 2 aromatic rings. The van der Waals surface area contributed by atoms with Crippen molar-refractivity contribution < 1.29 is 13.9 Å². The second kappa shape index (κ2) is 11.2. The summed E-state index contributed by atoms with van der Waals surface area (Å²) in [5.74, 6) is 1.47. The van der Waals surface area contributed by atoms with Crippen LogP contribution in [0.5, 0.6) is 11.5 Å². The number of hydrogen-bond donors (Lipinski definition) is 0. The minimum atomic E-state index is -0.159. The lowest BCUT2D eigenvalue weighted by molar-refractivity contribution is 0.132. The zero-order chi connectivity index (χ0) is 20.5. The van der Waals surface area contributed by atoms with Gasteiger partial charge >= 0.3 is 0 Å². The van der Waals surface area contributed by atoms with Gasteiger partial charge in [-0.2, -0.15) is 0 Å². The topological polar surface area (TPSA) is 24.9 Å². The molecular weight excluding hydrogens is 367 g/mol. The van der Waals surface area contributed by atoms with Gasteiger partial charge in [0.15, 0.2) is 11.5 Å². The molecule has 0 N–H and O–H groups in total. The molecule has 4 nitrogen and oxygen atoms in total. The molecule has 3 rings (SSSR count). The van der Waals surface area contributed by atoms with Crippen LogP contribution in [-0.2, 0) is 12.8 Å². The normalized spacial score (nSPS) is 15.4. The molecule has 0 spiro atoms. The average molecular weight is 401 g/mol. The van der Waals surface area contributed by atoms with Crippen LogP contribution in [0, 0.1) is 5.82 Å². The van der Waals surface area contributed by atoms with E-state index in [1.165, 1.54) is 11.1 Å². The molecule has 0 saturated carbocycles. The molecule has 0 unspecified atom stereocenters. The Morgan fingerprint density at radius 2 is 1.48 bits per heavy atom. The maximum absolute atomic E-state index is 13.0. The van der Waals surface area contributed by atoms with Crippen LogP contribution in [0.4, 0.5) is 4.39 Å². The van der Waals surface area contributed by atoms with Crippen LogP contribution in [0.25, 0.3) is 0 Å². The van der Waals surface area contributed by atoms with Crippen molar-refractivity contribution >= 4 is 0 Å². The fourth-order valence-electron chi connectivity index (χ4n) is 3.82. The van der Waals surface area contributed by atoms with Crippen molar-refractivity contribution in [3.8, 4) is 11.5 Å². The van der Waals surface area contributed by atoms with Gasteiger partial charge < -0.3 is 19.3 Å². The van der Waals surface area contributed by atoms with Gasteiger partial charge in [0.2, 0.25) is 0 Å². The van der Waals surface area contributed by atoms with Gasteiger partial charge in [-0.1, -0.05) is 18.2 Å². The first kappa shape index (κ1) is 21.6. The third-order valence-electron chi connectivity index (χ3n) is 5.56. The van der Waals surface area contributed by atoms with E-state index in [2.05, 4.69) is 21.9 Å². The highest BCUT2D eigenvalue weighted by atomic mass is 19.1. The molecule has 2 aromatic carbocycles. The van der Waals surface area contributed by atoms with Crippen LogP contribution < -0.4 is 9.47 Å². The van der Waals surface area contributed by atoms with Crippen LogP contribution >= 0.6 is 0 Å². The first-order valence-corrected chi connectivity index (χ1v) is 10.7. The molecule has 1 aliphatic rings. The summed E-state index contributed by atoms with van der Waals surface area (Å²) >= 11 is 0. The number of rotatable bonds is 10. The van der Waals surface area contributed by atoms with Gasteiger partial charge in [0.1, 0.15) is 5.82 Å². The van der Waals surface area contributed by atoms with E-state index in [1.807, 2.05) is 25.1 Å². The van der Waals surface area contributed by atoms with E-state index in [0.717, 1.165) is 70.0 Å². The van der Waals surface area contributed by atoms with E-state index >= 15 is 0 Å². The van der Waals surface area contributed by atoms with Crippen molar-refractivity contribution in [2.24, 2.45) is 0 Å². The molecule has 29 heavy (non-hydrogen) atoms. The number of benzene rings is 2. The van der Waals surface area contributed by atoms with E-state index in [1.54, 1.807) is 19.2 Å². The summed E-state index contributed by atoms with van der Waals surface area (Å²) in [6, 6.07) is 13.1. The zero-order valence-electron chi connectivity index (χ0n) is 17.7. The number of aryl methyl sites for hydroxylation is 1. The lowest BCUT2D eigenvalue weighted by Gasteiger charge is -2.34. The van der Waals surface area contributed by atoms with Crippen LogP contribution in [0.2, 0.25) is 0 Å². The summed E-state index contributed by atoms with van der Waals surface area (Å²) < 4.78 is 24.0. The van der Waals surface area contributed by atoms with Gasteiger partial charge in [-0.25, -0.2) is 4.39 Å². The van der Waals surface area contributed by atoms with Gasteiger partial charge in [-0.15, -0.1) is 0 Å². The zero-order valence-corrected chi connectivity index (χ0v) is 17.7. The number of hydrogen-bond acceptors (Lipinski definition) is 4. The van der Waals surface area contributed by atoms with Crippen molar-refractivity contribution in [1.82, 2.24) is 9.80 Å². The summed E-state index contributed by atoms with van der Waals surface area (Å²) in [5, 5.41) is 0. The largest absolute Gasteiger partial charge is 0.493 e. The second-order valence-electron chi connectivity index (χ2n) is 7.58. The molecular formula is C24H33FN2O2. The Bertz CT molecular complexity index is 743. The van der Waals surface area contributed by atoms with Crippen molar-refractivity contribution in [1.29, 1.82) is 0 Å². The number of piperazine rings is 1. The maximum atomic E-state index is 13.0. The van der Waals surface area contributed by atoms with Gasteiger partial charge in [-0.3, -0.25) is 0 Å². The lowest BCUT2D eigenvalue weighted by Crippen LogP contribution is -2.47. The monoisotopic (exact) mass is 400 g/mol. The lowest BCUT2D eigenvalue weighted by atomic mass is 10.1. The number of nitrogens with zero attached hydrogens (tertiary/aromatic N) is 2. The van der Waals surface area contributed by atoms with Crippen LogP contribution in [0.15, 0.2) is 42.5 Å². The predicted molar refractivity (Wildman–Crippen MR) is 115 cm³/mol. The Labute approximate surface area is 174 Å². The molecule has 0 radical (unpaired) electrons. The fraction of sp³-hybridized carbons (Fsp3) is 0.500. The average Bonchev–Trinajstić information content (AvgIpc) is 2.75. The molecule has 158 valence electrons. The first-order chi connectivity index (χ1) is 14.2. The van der Waals surface area contributed by atoms with Gasteiger partial charge in [0.05, 0.1) is 13.7 Å². The van der Waals surface area contributed by atoms with Crippen LogP contribution in [0.1, 0.15) is 24.5 Å². The molecule has 0 amide bonds. The molecule has 1 fully saturated rings. The third kappa shape index (κ3) is 6.72. The number of methoxy groups -OCH3 is 1. The van der Waals surface area contributed by atoms with E-state index in [9.17, 15) is 4.39 Å². The van der Waals surface area contributed by atoms with Gasteiger partial charge in [0.25, 0.3) is 0 Å². The Morgan fingerprint density at radius 3 is 2.14 bits per heavy atom. The van der Waals surface area contributed by atoms with Crippen molar-refractivity contribution in [2.75, 3.05) is 53.0 Å². The Balaban J connectivity index is 1.36. The van der Waals surface area contributed by atoms with Gasteiger partial charge in [0, 0.05) is 32.7 Å². The highest BCUT2D eigenvalue weighted by molar-refractivity contribution is 5.43. The minimum absolute atomic E-state index is 0.159. The highest BCUT2D eigenvalue weighted by Crippen LogP contribution is 2.28. The van der Waals surface area contributed by atoms with Crippen molar-refractivity contribution in [3.63, 3.8) is 0 Å². The molecule has 0 aliphatic carbocycles. The summed E-state index contributed by atoms with van der Waals surface area (Å²) in [5.41, 5.74) is 2.50. The van der Waals surface area contributed by atoms with E-state index in [-0.39, 0.29) is 5.82 Å². The molecule has 1 heterocycles. The van der Waals surface area contributed by atoms with Crippen LogP contribution in [0.3, 0.4) is 0 Å². The molecule has 1 saturated heterocycles. The van der Waals surface area contributed by atoms with E-state index in [4.69, 9.17) is 9.47 Å². The highest BCUT2D eigenvalue weighted by Gasteiger charge is 2.16. The molecule has 0 atom stereocenters. The Kier molecular flexibility index (Phi) is 8.32. The standard InChI is InChI=1S/C24H33FN2O2/c1-3-29-23-11-8-21(19-24(23)28-2)12-14-27-17-15-26(16-18-27)13-4-5-20-6-9-22(25)10-7-20/h6-11,19H,3-5,12-18H2,1-2H3. The summed E-state index contributed by atoms with van der Waals surface area (Å²) in [6.45, 7) is 9.28. The van der Waals surface area contributed by atoms with Crippen molar-refractivity contribution in [2.45, 2.75) is 26.2 Å². The Hall–Kier alpha value is -2.11. The smallest absolute Gasteiger partial charge is 0.161 e. The predicted octanol–water partition coefficient (Wildman–Crippen LogP) is 4.03. The first-order valence-electron chi connectivity index (χ1n) is 10.7. The SMILES string of the molecule is CCOc1ccc(CCN2CCN(CCCc3ccc(F)cc3)CC2)cc1OC. The summed E-state index contributed by atoms with van der Waals surface area (Å²) in [7, 11) is 1.69. The quantitative estimate of drug-likeness (QED) is 0.601. The number of halogens is 1. The Morgan fingerprint density at radius 1 is 0.828 bits per heavy atom. The van der Waals surface area contributed by atoms with Gasteiger partial charge in [-0.05, 0) is 68.1 Å². The minimum Gasteiger partial charge on any atom is -0.493 e. The molecule has 0 bridgehead atoms. The van der Waals surface area contributed by atoms with Crippen LogP contribution in [-0.4, -0.2) is 62.8 Å². The maximum Gasteiger partial charge on any atom is 0.161 e. The molecule has 0 aromatic heterocycles. The molecule has 1 aliphatic heterocycles. The number of ether oxygens (including phenoxy) is 2. The molecule has 5 heteroatoms. The van der Waals surface area contributed by atoms with E-state index in [0.29, 0.717) is 6.61 Å². The third-order valence-corrected chi connectivity index (χ3v) is 5.56. The second-order valence-corrected chi connectivity index (χ2v) is 7.58. The summed E-state index contributed by atoms with van der Waals surface area (Å²) in [6.07, 6.45) is 3.16. The van der Waals surface area contributed by atoms with Crippen molar-refractivity contribution in [3.05, 3.63) is 59.4 Å².